The molecule has 1 N–H and O–H groups in total. The molecule has 0 aliphatic carbocycles. The molecular formula is C16H14F2N2O2. The van der Waals surface area contributed by atoms with Gasteiger partial charge in [0.15, 0.2) is 5.83 Å². The number of carbonyl (C=O) groups is 1. The molecular weight excluding hydrogens is 290 g/mol. The lowest BCUT2D eigenvalue weighted by molar-refractivity contribution is -0.118. The van der Waals surface area contributed by atoms with E-state index < -0.39 is 11.7 Å². The van der Waals surface area contributed by atoms with E-state index >= 15 is 0 Å². The van der Waals surface area contributed by atoms with Gasteiger partial charge < -0.3 is 10.1 Å². The summed E-state index contributed by atoms with van der Waals surface area (Å²) in [7, 11) is 0. The number of amides is 1. The van der Waals surface area contributed by atoms with Gasteiger partial charge in [0.1, 0.15) is 12.4 Å². The number of nitrogens with zero attached hydrogens (tertiary/aromatic N) is 1. The minimum atomic E-state index is -0.721. The molecule has 22 heavy (non-hydrogen) atoms. The number of ether oxygens (including phenoxy) is 1. The zero-order valence-corrected chi connectivity index (χ0v) is 11.9. The number of halogens is 2. The van der Waals surface area contributed by atoms with Crippen molar-refractivity contribution in [2.24, 2.45) is 4.99 Å². The van der Waals surface area contributed by atoms with Crippen molar-refractivity contribution < 1.29 is 18.3 Å². The highest BCUT2D eigenvalue weighted by Gasteiger charge is 2.14. The van der Waals surface area contributed by atoms with E-state index in [0.717, 1.165) is 6.21 Å². The minimum Gasteiger partial charge on any atom is -0.473 e. The van der Waals surface area contributed by atoms with E-state index in [0.29, 0.717) is 5.56 Å². The molecule has 4 nitrogen and oxygen atoms in total. The van der Waals surface area contributed by atoms with Crippen LogP contribution in [0.4, 0.5) is 8.78 Å². The smallest absolute Gasteiger partial charge is 0.221 e. The van der Waals surface area contributed by atoms with Gasteiger partial charge in [0, 0.05) is 13.0 Å². The van der Waals surface area contributed by atoms with Crippen molar-refractivity contribution in [1.82, 2.24) is 5.32 Å². The van der Waals surface area contributed by atoms with Crippen LogP contribution in [0.15, 0.2) is 64.9 Å². The van der Waals surface area contributed by atoms with Crippen LogP contribution in [-0.2, 0) is 16.1 Å². The molecule has 0 radical (unpaired) electrons. The van der Waals surface area contributed by atoms with E-state index in [1.165, 1.54) is 25.1 Å². The van der Waals surface area contributed by atoms with Crippen LogP contribution in [0.5, 0.6) is 0 Å². The first kappa shape index (κ1) is 15.6. The molecule has 1 heterocycles. The third kappa shape index (κ3) is 4.12. The fourth-order valence-electron chi connectivity index (χ4n) is 1.78. The summed E-state index contributed by atoms with van der Waals surface area (Å²) in [6.07, 6.45) is 2.33. The second-order valence-electron chi connectivity index (χ2n) is 4.59. The molecule has 1 aliphatic rings. The van der Waals surface area contributed by atoms with Crippen LogP contribution in [0.1, 0.15) is 12.5 Å². The minimum absolute atomic E-state index is 0.0550. The quantitative estimate of drug-likeness (QED) is 0.929. The number of rotatable bonds is 4. The highest BCUT2D eigenvalue weighted by Crippen LogP contribution is 2.20. The fourth-order valence-corrected chi connectivity index (χ4v) is 1.78. The summed E-state index contributed by atoms with van der Waals surface area (Å²) in [6.45, 7) is 5.01. The Kier molecular flexibility index (Phi) is 4.83. The van der Waals surface area contributed by atoms with Crippen molar-refractivity contribution in [3.8, 4) is 0 Å². The summed E-state index contributed by atoms with van der Waals surface area (Å²) < 4.78 is 32.3. The van der Waals surface area contributed by atoms with E-state index in [9.17, 15) is 13.6 Å². The molecule has 0 saturated heterocycles. The second kappa shape index (κ2) is 6.80. The summed E-state index contributed by atoms with van der Waals surface area (Å²) in [5.41, 5.74) is 0.779. The average molecular weight is 304 g/mol. The zero-order chi connectivity index (χ0) is 16.1. The maximum absolute atomic E-state index is 13.8. The maximum atomic E-state index is 13.8. The van der Waals surface area contributed by atoms with Crippen LogP contribution in [0.25, 0.3) is 0 Å². The first-order valence-corrected chi connectivity index (χ1v) is 6.45. The van der Waals surface area contributed by atoms with Crippen LogP contribution < -0.4 is 5.32 Å². The van der Waals surface area contributed by atoms with Gasteiger partial charge in [0.05, 0.1) is 11.9 Å². The molecule has 1 aliphatic heterocycles. The first-order valence-electron chi connectivity index (χ1n) is 6.45. The first-order chi connectivity index (χ1) is 10.5. The third-order valence-electron chi connectivity index (χ3n) is 2.74. The van der Waals surface area contributed by atoms with E-state index in [-0.39, 0.29) is 29.6 Å². The Morgan fingerprint density at radius 1 is 1.41 bits per heavy atom. The molecule has 1 aromatic carbocycles. The Bertz CT molecular complexity index is 706. The lowest BCUT2D eigenvalue weighted by Gasteiger charge is -2.08. The van der Waals surface area contributed by atoms with Crippen molar-refractivity contribution in [2.75, 3.05) is 0 Å². The molecule has 114 valence electrons. The van der Waals surface area contributed by atoms with Gasteiger partial charge in [-0.3, -0.25) is 4.79 Å². The van der Waals surface area contributed by atoms with E-state index in [1.807, 2.05) is 0 Å². The largest absolute Gasteiger partial charge is 0.473 e. The highest BCUT2D eigenvalue weighted by atomic mass is 19.1. The standard InChI is InChI=1S/C16H14F2N2O2/c1-10-6-15(19-8-14(18)16(10)20-11(2)21)22-9-12-4-3-5-13(17)7-12/h3-8H,1,9H2,2H3,(H,20,21). The molecule has 0 unspecified atom stereocenters. The van der Waals surface area contributed by atoms with Gasteiger partial charge in [-0.2, -0.15) is 0 Å². The topological polar surface area (TPSA) is 50.7 Å². The Labute approximate surface area is 126 Å². The van der Waals surface area contributed by atoms with Gasteiger partial charge in [0.2, 0.25) is 11.8 Å². The summed E-state index contributed by atoms with van der Waals surface area (Å²) in [5, 5.41) is 2.35. The molecule has 2 rings (SSSR count). The van der Waals surface area contributed by atoms with Gasteiger partial charge >= 0.3 is 0 Å². The second-order valence-corrected chi connectivity index (χ2v) is 4.59. The van der Waals surface area contributed by atoms with Crippen molar-refractivity contribution in [3.05, 3.63) is 71.3 Å². The molecule has 1 amide bonds. The zero-order valence-electron chi connectivity index (χ0n) is 11.9. The van der Waals surface area contributed by atoms with Crippen LogP contribution >= 0.6 is 0 Å². The summed E-state index contributed by atoms with van der Waals surface area (Å²) in [4.78, 5) is 14.9. The number of benzene rings is 1. The highest BCUT2D eigenvalue weighted by molar-refractivity contribution is 5.84. The molecule has 0 saturated carbocycles. The third-order valence-corrected chi connectivity index (χ3v) is 2.74. The molecule has 0 aromatic heterocycles. The lowest BCUT2D eigenvalue weighted by Crippen LogP contribution is -2.21. The Hall–Kier alpha value is -2.76. The number of allylic oxidation sites excluding steroid dienone is 2. The number of hydrogen-bond acceptors (Lipinski definition) is 3. The number of nitrogens with one attached hydrogen (secondary N) is 1. The van der Waals surface area contributed by atoms with Crippen LogP contribution in [-0.4, -0.2) is 12.1 Å². The molecule has 0 spiro atoms. The van der Waals surface area contributed by atoms with Crippen molar-refractivity contribution in [1.29, 1.82) is 0 Å². The van der Waals surface area contributed by atoms with Crippen molar-refractivity contribution in [2.45, 2.75) is 13.5 Å². The normalized spacial score (nSPS) is 14.5. The SMILES string of the molecule is C=C1C=C(OCc2cccc(F)c2)N=CC(F)=C1NC(C)=O. The van der Waals surface area contributed by atoms with Crippen LogP contribution in [0.2, 0.25) is 0 Å². The van der Waals surface area contributed by atoms with Gasteiger partial charge in [-0.15, -0.1) is 0 Å². The van der Waals surface area contributed by atoms with E-state index in [1.54, 1.807) is 12.1 Å². The van der Waals surface area contributed by atoms with Crippen molar-refractivity contribution >= 4 is 12.1 Å². The van der Waals surface area contributed by atoms with Gasteiger partial charge in [-0.25, -0.2) is 13.8 Å². The number of aliphatic imine (C=N–C) groups is 1. The summed E-state index contributed by atoms with van der Waals surface area (Å²) in [6, 6.07) is 5.92. The summed E-state index contributed by atoms with van der Waals surface area (Å²) >= 11 is 0. The number of hydrogen-bond donors (Lipinski definition) is 1. The van der Waals surface area contributed by atoms with Gasteiger partial charge in [-0.05, 0) is 23.3 Å². The van der Waals surface area contributed by atoms with Crippen molar-refractivity contribution in [3.63, 3.8) is 0 Å². The predicted molar refractivity (Wildman–Crippen MR) is 78.9 cm³/mol. The van der Waals surface area contributed by atoms with E-state index in [2.05, 4.69) is 16.9 Å². The Morgan fingerprint density at radius 2 is 2.18 bits per heavy atom. The molecule has 0 bridgehead atoms. The molecule has 6 heteroatoms. The monoisotopic (exact) mass is 304 g/mol. The fraction of sp³-hybridized carbons (Fsp3) is 0.125. The Balaban J connectivity index is 2.09. The van der Waals surface area contributed by atoms with E-state index in [4.69, 9.17) is 4.74 Å². The van der Waals surface area contributed by atoms with Crippen LogP contribution in [0, 0.1) is 5.82 Å². The molecule has 0 atom stereocenters. The summed E-state index contributed by atoms with van der Waals surface area (Å²) in [5.74, 6) is -1.40. The molecule has 0 fully saturated rings. The maximum Gasteiger partial charge on any atom is 0.221 e. The van der Waals surface area contributed by atoms with Gasteiger partial charge in [0.25, 0.3) is 0 Å². The average Bonchev–Trinajstić information content (AvgIpc) is 2.58. The van der Waals surface area contributed by atoms with Gasteiger partial charge in [-0.1, -0.05) is 18.7 Å². The Morgan fingerprint density at radius 3 is 2.86 bits per heavy atom. The predicted octanol–water partition coefficient (Wildman–Crippen LogP) is 3.14. The van der Waals surface area contributed by atoms with Crippen LogP contribution in [0.3, 0.4) is 0 Å². The number of carbonyl (C=O) groups excluding carboxylic acids is 1. The molecule has 1 aromatic rings. The lowest BCUT2D eigenvalue weighted by atomic mass is 10.2.